The number of hydrogen-bond acceptors (Lipinski definition) is 7. The number of nitrogens with zero attached hydrogens (tertiary/aromatic N) is 3. The van der Waals surface area contributed by atoms with E-state index in [4.69, 9.17) is 0 Å². The first-order chi connectivity index (χ1) is 14.7. The van der Waals surface area contributed by atoms with Crippen molar-refractivity contribution in [3.63, 3.8) is 0 Å². The summed E-state index contributed by atoms with van der Waals surface area (Å²) < 4.78 is 50.1. The summed E-state index contributed by atoms with van der Waals surface area (Å²) in [4.78, 5) is 25.0. The van der Waals surface area contributed by atoms with Gasteiger partial charge in [-0.15, -0.1) is 0 Å². The van der Waals surface area contributed by atoms with E-state index in [-0.39, 0.29) is 40.9 Å². The van der Waals surface area contributed by atoms with Crippen molar-refractivity contribution in [1.29, 1.82) is 0 Å². The highest BCUT2D eigenvalue weighted by Gasteiger charge is 2.37. The molecule has 3 aliphatic heterocycles. The number of hydrazone groups is 1. The van der Waals surface area contributed by atoms with Crippen LogP contribution in [0.3, 0.4) is 0 Å². The molecule has 1 N–H and O–H groups in total. The Kier molecular flexibility index (Phi) is 5.88. The lowest BCUT2D eigenvalue weighted by Crippen LogP contribution is -2.42. The van der Waals surface area contributed by atoms with Gasteiger partial charge in [0.25, 0.3) is 5.91 Å². The Morgan fingerprint density at radius 3 is 2.39 bits per heavy atom. The molecule has 0 spiro atoms. The second-order valence-corrected chi connectivity index (χ2v) is 12.1. The minimum atomic E-state index is -3.53. The Morgan fingerprint density at radius 1 is 1.10 bits per heavy atom. The van der Waals surface area contributed by atoms with Crippen LogP contribution in [0.1, 0.15) is 32.1 Å². The number of carbonyl (C=O) groups is 2. The van der Waals surface area contributed by atoms with Crippen molar-refractivity contribution in [1.82, 2.24) is 9.31 Å². The predicted octanol–water partition coefficient (Wildman–Crippen LogP) is 0.575. The van der Waals surface area contributed by atoms with E-state index in [1.807, 2.05) is 0 Å². The first kappa shape index (κ1) is 21.9. The number of carbonyl (C=O) groups excluding carboxylic acids is 2. The molecule has 0 saturated carbocycles. The molecular formula is C19H24N4O6S2. The third-order valence-electron chi connectivity index (χ3n) is 5.69. The van der Waals surface area contributed by atoms with Gasteiger partial charge >= 0.3 is 0 Å². The summed E-state index contributed by atoms with van der Waals surface area (Å²) in [5, 5.41) is 7.94. The van der Waals surface area contributed by atoms with Crippen LogP contribution in [-0.4, -0.2) is 74.3 Å². The van der Waals surface area contributed by atoms with Gasteiger partial charge in [0.15, 0.2) is 9.84 Å². The second-order valence-electron chi connectivity index (χ2n) is 7.93. The summed E-state index contributed by atoms with van der Waals surface area (Å²) in [5.41, 5.74) is 0.539. The Labute approximate surface area is 181 Å². The van der Waals surface area contributed by atoms with E-state index in [9.17, 15) is 26.4 Å². The van der Waals surface area contributed by atoms with Crippen LogP contribution in [0.5, 0.6) is 0 Å². The molecule has 1 aromatic rings. The highest BCUT2D eigenvalue weighted by Crippen LogP contribution is 2.24. The van der Waals surface area contributed by atoms with Gasteiger partial charge in [-0.25, -0.2) is 21.8 Å². The molecule has 0 radical (unpaired) electrons. The fourth-order valence-electron chi connectivity index (χ4n) is 3.98. The molecule has 4 rings (SSSR count). The Hall–Kier alpha value is -2.31. The molecule has 31 heavy (non-hydrogen) atoms. The molecule has 0 aliphatic carbocycles. The van der Waals surface area contributed by atoms with Gasteiger partial charge in [-0.2, -0.15) is 9.41 Å². The predicted molar refractivity (Wildman–Crippen MR) is 114 cm³/mol. The Balaban J connectivity index is 1.45. The number of sulfone groups is 1. The highest BCUT2D eigenvalue weighted by molar-refractivity contribution is 7.91. The van der Waals surface area contributed by atoms with E-state index < -0.39 is 31.8 Å². The van der Waals surface area contributed by atoms with E-state index in [2.05, 4.69) is 10.4 Å². The van der Waals surface area contributed by atoms with Gasteiger partial charge in [-0.1, -0.05) is 0 Å². The van der Waals surface area contributed by atoms with Crippen LogP contribution >= 0.6 is 0 Å². The fourth-order valence-corrected chi connectivity index (χ4v) is 7.19. The lowest BCUT2D eigenvalue weighted by atomic mass is 10.1. The number of amides is 2. The second kappa shape index (κ2) is 8.32. The monoisotopic (exact) mass is 468 g/mol. The molecular weight excluding hydrogens is 444 g/mol. The maximum absolute atomic E-state index is 12.6. The summed E-state index contributed by atoms with van der Waals surface area (Å²) in [6, 6.07) is 5.37. The molecule has 1 atom stereocenters. The summed E-state index contributed by atoms with van der Waals surface area (Å²) in [7, 11) is -6.73. The normalized spacial score (nSPS) is 24.3. The van der Waals surface area contributed by atoms with E-state index in [0.29, 0.717) is 25.2 Å². The van der Waals surface area contributed by atoms with Gasteiger partial charge in [0.1, 0.15) is 5.71 Å². The molecule has 0 bridgehead atoms. The maximum atomic E-state index is 12.6. The quantitative estimate of drug-likeness (QED) is 0.672. The molecule has 12 heteroatoms. The van der Waals surface area contributed by atoms with Crippen LogP contribution in [0.2, 0.25) is 0 Å². The SMILES string of the molecule is O=C(Nc1ccc(S(=O)(=O)N2CCCC2)cc1)C1=NN([C@H]2CCS(=O)(=O)C2)C(=O)CC1. The van der Waals surface area contributed by atoms with Gasteiger partial charge < -0.3 is 5.32 Å². The van der Waals surface area contributed by atoms with Crippen LogP contribution in [0.25, 0.3) is 0 Å². The highest BCUT2D eigenvalue weighted by atomic mass is 32.2. The fraction of sp³-hybridized carbons (Fsp3) is 0.526. The Bertz CT molecular complexity index is 1120. The number of hydrogen-bond donors (Lipinski definition) is 1. The van der Waals surface area contributed by atoms with E-state index >= 15 is 0 Å². The number of rotatable bonds is 5. The van der Waals surface area contributed by atoms with Crippen molar-refractivity contribution < 1.29 is 26.4 Å². The van der Waals surface area contributed by atoms with Crippen LogP contribution in [-0.2, 0) is 29.4 Å². The summed E-state index contributed by atoms with van der Waals surface area (Å²) >= 11 is 0. The average Bonchev–Trinajstić information content (AvgIpc) is 3.39. The van der Waals surface area contributed by atoms with Gasteiger partial charge in [0, 0.05) is 31.6 Å². The molecule has 3 aliphatic rings. The van der Waals surface area contributed by atoms with Crippen LogP contribution in [0.15, 0.2) is 34.3 Å². The van der Waals surface area contributed by atoms with Crippen molar-refractivity contribution in [2.75, 3.05) is 29.9 Å². The first-order valence-electron chi connectivity index (χ1n) is 10.2. The summed E-state index contributed by atoms with van der Waals surface area (Å²) in [5.74, 6) is -0.946. The van der Waals surface area contributed by atoms with Gasteiger partial charge in [-0.3, -0.25) is 9.59 Å². The first-order valence-corrected chi connectivity index (χ1v) is 13.4. The van der Waals surface area contributed by atoms with Gasteiger partial charge in [-0.05, 0) is 43.5 Å². The third-order valence-corrected chi connectivity index (χ3v) is 9.35. The lowest BCUT2D eigenvalue weighted by molar-refractivity contribution is -0.133. The number of sulfonamides is 1. The molecule has 0 aromatic heterocycles. The van der Waals surface area contributed by atoms with Crippen molar-refractivity contribution in [3.05, 3.63) is 24.3 Å². The maximum Gasteiger partial charge on any atom is 0.271 e. The van der Waals surface area contributed by atoms with Crippen molar-refractivity contribution >= 4 is 43.1 Å². The molecule has 3 heterocycles. The Morgan fingerprint density at radius 2 is 1.77 bits per heavy atom. The van der Waals surface area contributed by atoms with Crippen molar-refractivity contribution in [2.24, 2.45) is 5.10 Å². The van der Waals surface area contributed by atoms with Crippen LogP contribution in [0.4, 0.5) is 5.69 Å². The molecule has 10 nitrogen and oxygen atoms in total. The zero-order valence-corrected chi connectivity index (χ0v) is 18.5. The average molecular weight is 469 g/mol. The minimum absolute atomic E-state index is 0.00514. The van der Waals surface area contributed by atoms with Crippen molar-refractivity contribution in [3.8, 4) is 0 Å². The van der Waals surface area contributed by atoms with Crippen LogP contribution in [0, 0.1) is 0 Å². The van der Waals surface area contributed by atoms with Gasteiger partial charge in [0.2, 0.25) is 15.9 Å². The van der Waals surface area contributed by atoms with E-state index in [1.165, 1.54) is 28.6 Å². The largest absolute Gasteiger partial charge is 0.321 e. The molecule has 0 unspecified atom stereocenters. The standard InChI is InChI=1S/C19H24N4O6S2/c24-18-8-7-17(21-23(18)15-9-12-30(26,27)13-15)19(25)20-14-3-5-16(6-4-14)31(28,29)22-10-1-2-11-22/h3-6,15H,1-2,7-13H2,(H,20,25)/t15-/m0/s1. The van der Waals surface area contributed by atoms with E-state index in [0.717, 1.165) is 17.9 Å². The molecule has 168 valence electrons. The minimum Gasteiger partial charge on any atom is -0.321 e. The van der Waals surface area contributed by atoms with Crippen LogP contribution < -0.4 is 5.32 Å². The summed E-state index contributed by atoms with van der Waals surface area (Å²) in [6.45, 7) is 1.02. The topological polar surface area (TPSA) is 133 Å². The smallest absolute Gasteiger partial charge is 0.271 e. The lowest BCUT2D eigenvalue weighted by Gasteiger charge is -2.27. The molecule has 2 amide bonds. The van der Waals surface area contributed by atoms with Gasteiger partial charge in [0.05, 0.1) is 22.4 Å². The van der Waals surface area contributed by atoms with Crippen molar-refractivity contribution in [2.45, 2.75) is 43.0 Å². The number of anilines is 1. The molecule has 2 fully saturated rings. The third kappa shape index (κ3) is 4.65. The summed E-state index contributed by atoms with van der Waals surface area (Å²) in [6.07, 6.45) is 2.24. The molecule has 2 saturated heterocycles. The zero-order chi connectivity index (χ0) is 22.2. The zero-order valence-electron chi connectivity index (χ0n) is 16.9. The van der Waals surface area contributed by atoms with E-state index in [1.54, 1.807) is 0 Å². The molecule has 1 aromatic carbocycles. The number of benzene rings is 1. The number of nitrogens with one attached hydrogen (secondary N) is 1.